The lowest BCUT2D eigenvalue weighted by Gasteiger charge is -2.13. The molecule has 0 aliphatic heterocycles. The summed E-state index contributed by atoms with van der Waals surface area (Å²) in [6.07, 6.45) is 0. The van der Waals surface area contributed by atoms with Crippen molar-refractivity contribution in [3.8, 4) is 0 Å². The molecule has 0 fully saturated rings. The minimum absolute atomic E-state index is 0.429. The molecule has 0 heterocycles. The molecule has 0 aliphatic rings. The van der Waals surface area contributed by atoms with E-state index in [9.17, 15) is 4.79 Å². The number of rotatable bonds is 5. The van der Waals surface area contributed by atoms with E-state index in [2.05, 4.69) is 15.6 Å². The summed E-state index contributed by atoms with van der Waals surface area (Å²) in [4.78, 5) is 15.2. The Morgan fingerprint density at radius 1 is 1.09 bits per heavy atom. The summed E-state index contributed by atoms with van der Waals surface area (Å²) >= 11 is 6.13. The predicted octanol–water partition coefficient (Wildman–Crippen LogP) is 2.30. The average molecular weight is 331 g/mol. The summed E-state index contributed by atoms with van der Waals surface area (Å²) in [6, 6.07) is 14.8. The second-order valence-electron chi connectivity index (χ2n) is 4.93. The zero-order valence-corrected chi connectivity index (χ0v) is 13.6. The van der Waals surface area contributed by atoms with E-state index >= 15 is 0 Å². The molecule has 0 radical (unpaired) electrons. The highest BCUT2D eigenvalue weighted by Crippen LogP contribution is 2.14. The maximum Gasteiger partial charge on any atom is 0.248 e. The Hall–Kier alpha value is -2.53. The van der Waals surface area contributed by atoms with Gasteiger partial charge in [0.05, 0.1) is 0 Å². The number of carbonyl (C=O) groups excluding carboxylic acids is 1. The SMILES string of the molecule is CN=C(NCc1ccc(C(N)=O)cc1)NCc1ccccc1Cl. The first-order chi connectivity index (χ1) is 11.1. The van der Waals surface area contributed by atoms with Gasteiger partial charge in [-0.1, -0.05) is 41.9 Å². The number of nitrogens with zero attached hydrogens (tertiary/aromatic N) is 1. The number of guanidine groups is 1. The van der Waals surface area contributed by atoms with Crippen LogP contribution in [-0.4, -0.2) is 18.9 Å². The van der Waals surface area contributed by atoms with Crippen LogP contribution in [0, 0.1) is 0 Å². The minimum Gasteiger partial charge on any atom is -0.366 e. The smallest absolute Gasteiger partial charge is 0.248 e. The molecule has 5 nitrogen and oxygen atoms in total. The van der Waals surface area contributed by atoms with Crippen LogP contribution in [0.4, 0.5) is 0 Å². The first kappa shape index (κ1) is 16.8. The van der Waals surface area contributed by atoms with Crippen LogP contribution in [0.5, 0.6) is 0 Å². The number of amides is 1. The number of nitrogens with two attached hydrogens (primary N) is 1. The summed E-state index contributed by atoms with van der Waals surface area (Å²) < 4.78 is 0. The highest BCUT2D eigenvalue weighted by atomic mass is 35.5. The fourth-order valence-electron chi connectivity index (χ4n) is 2.01. The summed E-state index contributed by atoms with van der Waals surface area (Å²) in [5, 5.41) is 7.13. The number of hydrogen-bond acceptors (Lipinski definition) is 2. The van der Waals surface area contributed by atoms with Crippen molar-refractivity contribution in [1.82, 2.24) is 10.6 Å². The number of hydrogen-bond donors (Lipinski definition) is 3. The summed E-state index contributed by atoms with van der Waals surface area (Å²) in [5.74, 6) is 0.241. The van der Waals surface area contributed by atoms with Gasteiger partial charge in [-0.15, -0.1) is 0 Å². The quantitative estimate of drug-likeness (QED) is 0.581. The largest absolute Gasteiger partial charge is 0.366 e. The molecule has 2 aromatic rings. The molecule has 4 N–H and O–H groups in total. The first-order valence-electron chi connectivity index (χ1n) is 7.17. The van der Waals surface area contributed by atoms with Crippen LogP contribution < -0.4 is 16.4 Å². The Kier molecular flexibility index (Phi) is 6.00. The molecule has 0 bridgehead atoms. The number of benzene rings is 2. The van der Waals surface area contributed by atoms with Gasteiger partial charge in [0.1, 0.15) is 0 Å². The summed E-state index contributed by atoms with van der Waals surface area (Å²) in [7, 11) is 1.71. The molecular weight excluding hydrogens is 312 g/mol. The maximum atomic E-state index is 11.0. The summed E-state index contributed by atoms with van der Waals surface area (Å²) in [5.41, 5.74) is 7.74. The van der Waals surface area contributed by atoms with E-state index in [0.29, 0.717) is 24.6 Å². The van der Waals surface area contributed by atoms with Crippen molar-refractivity contribution in [1.29, 1.82) is 0 Å². The third-order valence-corrected chi connectivity index (χ3v) is 3.69. The Labute approximate surface area is 140 Å². The number of aliphatic imine (C=N–C) groups is 1. The minimum atomic E-state index is -0.429. The highest BCUT2D eigenvalue weighted by Gasteiger charge is 2.03. The van der Waals surface area contributed by atoms with E-state index in [1.807, 2.05) is 36.4 Å². The monoisotopic (exact) mass is 330 g/mol. The van der Waals surface area contributed by atoms with E-state index < -0.39 is 5.91 Å². The van der Waals surface area contributed by atoms with Gasteiger partial charge in [0.2, 0.25) is 5.91 Å². The van der Waals surface area contributed by atoms with Crippen molar-refractivity contribution in [2.75, 3.05) is 7.05 Å². The van der Waals surface area contributed by atoms with Crippen LogP contribution in [0.25, 0.3) is 0 Å². The van der Waals surface area contributed by atoms with Gasteiger partial charge in [0.15, 0.2) is 5.96 Å². The van der Waals surface area contributed by atoms with Gasteiger partial charge in [-0.2, -0.15) is 0 Å². The van der Waals surface area contributed by atoms with Gasteiger partial charge in [-0.3, -0.25) is 9.79 Å². The number of nitrogens with one attached hydrogen (secondary N) is 2. The molecule has 0 atom stereocenters. The number of primary amides is 1. The van der Waals surface area contributed by atoms with E-state index in [0.717, 1.165) is 16.1 Å². The van der Waals surface area contributed by atoms with Crippen LogP contribution in [0.3, 0.4) is 0 Å². The topological polar surface area (TPSA) is 79.5 Å². The third kappa shape index (κ3) is 5.00. The van der Waals surface area contributed by atoms with Crippen LogP contribution >= 0.6 is 11.6 Å². The highest BCUT2D eigenvalue weighted by molar-refractivity contribution is 6.31. The van der Waals surface area contributed by atoms with Crippen LogP contribution in [0.2, 0.25) is 5.02 Å². The van der Waals surface area contributed by atoms with Gasteiger partial charge in [0.25, 0.3) is 0 Å². The zero-order chi connectivity index (χ0) is 16.7. The molecule has 0 aromatic heterocycles. The first-order valence-corrected chi connectivity index (χ1v) is 7.54. The molecular formula is C17H19ClN4O. The lowest BCUT2D eigenvalue weighted by atomic mass is 10.1. The lowest BCUT2D eigenvalue weighted by molar-refractivity contribution is 0.100. The van der Waals surface area contributed by atoms with E-state index in [1.54, 1.807) is 19.2 Å². The standard InChI is InChI=1S/C17H19ClN4O/c1-20-17(22-11-14-4-2-3-5-15(14)18)21-10-12-6-8-13(9-7-12)16(19)23/h2-9H,10-11H2,1H3,(H2,19,23)(H2,20,21,22). The molecule has 0 saturated heterocycles. The second kappa shape index (κ2) is 8.19. The van der Waals surface area contributed by atoms with Crippen LogP contribution in [0.1, 0.15) is 21.5 Å². The van der Waals surface area contributed by atoms with Gasteiger partial charge in [-0.25, -0.2) is 0 Å². The normalized spacial score (nSPS) is 11.1. The van der Waals surface area contributed by atoms with Crippen molar-refractivity contribution >= 4 is 23.5 Å². The predicted molar refractivity (Wildman–Crippen MR) is 93.5 cm³/mol. The average Bonchev–Trinajstić information content (AvgIpc) is 2.57. The molecule has 0 saturated carbocycles. The van der Waals surface area contributed by atoms with Crippen molar-refractivity contribution < 1.29 is 4.79 Å². The molecule has 2 rings (SSSR count). The Morgan fingerprint density at radius 2 is 1.74 bits per heavy atom. The van der Waals surface area contributed by atoms with Gasteiger partial charge in [-0.05, 0) is 29.3 Å². The van der Waals surface area contributed by atoms with Gasteiger partial charge in [0, 0.05) is 30.7 Å². The van der Waals surface area contributed by atoms with Gasteiger partial charge >= 0.3 is 0 Å². The van der Waals surface area contributed by atoms with E-state index in [1.165, 1.54) is 0 Å². The van der Waals surface area contributed by atoms with E-state index in [-0.39, 0.29) is 0 Å². The Balaban J connectivity index is 1.88. The van der Waals surface area contributed by atoms with Crippen molar-refractivity contribution in [3.05, 3.63) is 70.2 Å². The zero-order valence-electron chi connectivity index (χ0n) is 12.8. The molecule has 23 heavy (non-hydrogen) atoms. The maximum absolute atomic E-state index is 11.0. The van der Waals surface area contributed by atoms with Crippen LogP contribution in [0.15, 0.2) is 53.5 Å². The second-order valence-corrected chi connectivity index (χ2v) is 5.34. The molecule has 6 heteroatoms. The van der Waals surface area contributed by atoms with Crippen molar-refractivity contribution in [2.45, 2.75) is 13.1 Å². The van der Waals surface area contributed by atoms with Crippen LogP contribution in [-0.2, 0) is 13.1 Å². The Bertz CT molecular complexity index is 698. The molecule has 0 aliphatic carbocycles. The summed E-state index contributed by atoms with van der Waals surface area (Å²) in [6.45, 7) is 1.17. The molecule has 1 amide bonds. The van der Waals surface area contributed by atoms with Crippen molar-refractivity contribution in [3.63, 3.8) is 0 Å². The third-order valence-electron chi connectivity index (χ3n) is 3.33. The molecule has 0 spiro atoms. The molecule has 2 aromatic carbocycles. The van der Waals surface area contributed by atoms with Crippen molar-refractivity contribution in [2.24, 2.45) is 10.7 Å². The number of halogens is 1. The van der Waals surface area contributed by atoms with E-state index in [4.69, 9.17) is 17.3 Å². The van der Waals surface area contributed by atoms with Gasteiger partial charge < -0.3 is 16.4 Å². The Morgan fingerprint density at radius 3 is 2.35 bits per heavy atom. The molecule has 120 valence electrons. The molecule has 0 unspecified atom stereocenters. The fourth-order valence-corrected chi connectivity index (χ4v) is 2.22. The lowest BCUT2D eigenvalue weighted by Crippen LogP contribution is -2.36. The fraction of sp³-hybridized carbons (Fsp3) is 0.176. The number of carbonyl (C=O) groups is 1.